The van der Waals surface area contributed by atoms with Crippen LogP contribution in [-0.4, -0.2) is 13.1 Å². The van der Waals surface area contributed by atoms with Gasteiger partial charge in [-0.25, -0.2) is 0 Å². The topological polar surface area (TPSA) is 12.0 Å². The fourth-order valence-electron chi connectivity index (χ4n) is 3.10. The first-order chi connectivity index (χ1) is 8.83. The number of benzene rings is 1. The second kappa shape index (κ2) is 6.94. The second-order valence-corrected chi connectivity index (χ2v) is 5.67. The van der Waals surface area contributed by atoms with Gasteiger partial charge in [0, 0.05) is 6.04 Å². The van der Waals surface area contributed by atoms with Crippen LogP contribution in [0.15, 0.2) is 24.3 Å². The number of hydrogen-bond acceptors (Lipinski definition) is 1. The molecule has 0 saturated heterocycles. The van der Waals surface area contributed by atoms with Crippen LogP contribution in [0.1, 0.15) is 62.5 Å². The summed E-state index contributed by atoms with van der Waals surface area (Å²) in [4.78, 5) is 0. The van der Waals surface area contributed by atoms with Crippen LogP contribution >= 0.6 is 0 Å². The van der Waals surface area contributed by atoms with Crippen molar-refractivity contribution in [3.05, 3.63) is 35.4 Å². The van der Waals surface area contributed by atoms with Gasteiger partial charge in [-0.15, -0.1) is 0 Å². The Kier molecular flexibility index (Phi) is 5.25. The molecule has 0 aromatic heterocycles. The summed E-state index contributed by atoms with van der Waals surface area (Å²) in [6.07, 6.45) is 9.42. The first kappa shape index (κ1) is 13.6. The molecule has 2 rings (SSSR count). The molecule has 1 N–H and O–H groups in total. The zero-order chi connectivity index (χ0) is 12.8. The molecule has 1 unspecified atom stereocenters. The maximum atomic E-state index is 3.38. The minimum atomic E-state index is 0.616. The van der Waals surface area contributed by atoms with Gasteiger partial charge in [-0.3, -0.25) is 0 Å². The van der Waals surface area contributed by atoms with E-state index >= 15 is 0 Å². The maximum absolute atomic E-state index is 3.38. The van der Waals surface area contributed by atoms with Gasteiger partial charge in [-0.05, 0) is 49.8 Å². The van der Waals surface area contributed by atoms with Gasteiger partial charge in [-0.1, -0.05) is 50.5 Å². The molecule has 1 nitrogen and oxygen atoms in total. The molecule has 1 atom stereocenters. The zero-order valence-corrected chi connectivity index (χ0v) is 11.9. The fraction of sp³-hybridized carbons (Fsp3) is 0.647. The van der Waals surface area contributed by atoms with Crippen molar-refractivity contribution >= 4 is 0 Å². The van der Waals surface area contributed by atoms with Crippen molar-refractivity contribution in [3.63, 3.8) is 0 Å². The van der Waals surface area contributed by atoms with E-state index in [1.54, 1.807) is 5.56 Å². The van der Waals surface area contributed by atoms with Crippen molar-refractivity contribution in [3.8, 4) is 0 Å². The van der Waals surface area contributed by atoms with Crippen LogP contribution in [0.3, 0.4) is 0 Å². The largest absolute Gasteiger partial charge is 0.317 e. The Morgan fingerprint density at radius 3 is 2.33 bits per heavy atom. The molecule has 0 spiro atoms. The number of nitrogens with one attached hydrogen (secondary N) is 1. The summed E-state index contributed by atoms with van der Waals surface area (Å²) in [6, 6.07) is 10.0. The number of hydrogen-bond donors (Lipinski definition) is 1. The molecule has 100 valence electrons. The van der Waals surface area contributed by atoms with Gasteiger partial charge in [0.15, 0.2) is 0 Å². The lowest BCUT2D eigenvalue weighted by atomic mass is 9.84. The molecule has 0 bridgehead atoms. The summed E-state index contributed by atoms with van der Waals surface area (Å²) >= 11 is 0. The summed E-state index contributed by atoms with van der Waals surface area (Å²) < 4.78 is 0. The van der Waals surface area contributed by atoms with Crippen LogP contribution in [0.25, 0.3) is 0 Å². The van der Waals surface area contributed by atoms with E-state index in [1.165, 1.54) is 44.1 Å². The summed E-state index contributed by atoms with van der Waals surface area (Å²) in [5.41, 5.74) is 3.03. The Balaban J connectivity index is 1.96. The van der Waals surface area contributed by atoms with E-state index in [2.05, 4.69) is 43.6 Å². The lowest BCUT2D eigenvalue weighted by Crippen LogP contribution is -2.26. The molecule has 1 fully saturated rings. The molecular weight excluding hydrogens is 218 g/mol. The molecule has 0 radical (unpaired) electrons. The normalized spacial score (nSPS) is 18.8. The van der Waals surface area contributed by atoms with Crippen LogP contribution in [-0.2, 0) is 6.42 Å². The van der Waals surface area contributed by atoms with E-state index in [9.17, 15) is 0 Å². The average Bonchev–Trinajstić information content (AvgIpc) is 2.46. The van der Waals surface area contributed by atoms with Crippen LogP contribution in [0, 0.1) is 0 Å². The molecule has 0 amide bonds. The Labute approximate surface area is 112 Å². The van der Waals surface area contributed by atoms with Gasteiger partial charge in [0.25, 0.3) is 0 Å². The molecule has 1 aromatic carbocycles. The van der Waals surface area contributed by atoms with Gasteiger partial charge in [0.05, 0.1) is 0 Å². The van der Waals surface area contributed by atoms with Crippen molar-refractivity contribution in [2.24, 2.45) is 0 Å². The first-order valence-electron chi connectivity index (χ1n) is 7.59. The van der Waals surface area contributed by atoms with Gasteiger partial charge in [0.2, 0.25) is 0 Å². The Morgan fingerprint density at radius 1 is 1.11 bits per heavy atom. The molecule has 1 aromatic rings. The zero-order valence-electron chi connectivity index (χ0n) is 11.9. The quantitative estimate of drug-likeness (QED) is 0.816. The minimum absolute atomic E-state index is 0.616. The lowest BCUT2D eigenvalue weighted by Gasteiger charge is -2.22. The summed E-state index contributed by atoms with van der Waals surface area (Å²) in [6.45, 7) is 2.25. The highest BCUT2D eigenvalue weighted by molar-refractivity contribution is 5.26. The van der Waals surface area contributed by atoms with E-state index in [0.29, 0.717) is 6.04 Å². The fourth-order valence-corrected chi connectivity index (χ4v) is 3.10. The highest BCUT2D eigenvalue weighted by Gasteiger charge is 2.15. The van der Waals surface area contributed by atoms with Crippen molar-refractivity contribution in [2.45, 2.75) is 63.8 Å². The van der Waals surface area contributed by atoms with Crippen LogP contribution in [0.4, 0.5) is 0 Å². The monoisotopic (exact) mass is 245 g/mol. The Hall–Kier alpha value is -0.820. The minimum Gasteiger partial charge on any atom is -0.317 e. The molecule has 1 aliphatic rings. The van der Waals surface area contributed by atoms with E-state index < -0.39 is 0 Å². The third-order valence-electron chi connectivity index (χ3n) is 4.44. The smallest absolute Gasteiger partial charge is 0.0102 e. The first-order valence-corrected chi connectivity index (χ1v) is 7.59. The highest BCUT2D eigenvalue weighted by atomic mass is 14.9. The summed E-state index contributed by atoms with van der Waals surface area (Å²) in [5, 5.41) is 3.38. The molecule has 18 heavy (non-hydrogen) atoms. The van der Waals surface area contributed by atoms with Crippen molar-refractivity contribution in [2.75, 3.05) is 7.05 Å². The van der Waals surface area contributed by atoms with E-state index in [1.807, 2.05) is 0 Å². The Morgan fingerprint density at radius 2 is 1.78 bits per heavy atom. The average molecular weight is 245 g/mol. The summed E-state index contributed by atoms with van der Waals surface area (Å²) in [5.74, 6) is 0.832. The predicted octanol–water partition coefficient (Wildman–Crippen LogP) is 4.27. The SMILES string of the molecule is CCC(Cc1ccc(C2CCCCC2)cc1)NC. The predicted molar refractivity (Wildman–Crippen MR) is 79.1 cm³/mol. The van der Waals surface area contributed by atoms with Crippen molar-refractivity contribution in [1.82, 2.24) is 5.32 Å². The molecule has 1 aliphatic carbocycles. The number of rotatable bonds is 5. The van der Waals surface area contributed by atoms with Crippen molar-refractivity contribution in [1.29, 1.82) is 0 Å². The van der Waals surface area contributed by atoms with Crippen LogP contribution in [0.2, 0.25) is 0 Å². The molecule has 1 heteroatoms. The van der Waals surface area contributed by atoms with Crippen molar-refractivity contribution < 1.29 is 0 Å². The second-order valence-electron chi connectivity index (χ2n) is 5.67. The van der Waals surface area contributed by atoms with Gasteiger partial charge >= 0.3 is 0 Å². The molecule has 1 saturated carbocycles. The lowest BCUT2D eigenvalue weighted by molar-refractivity contribution is 0.443. The third-order valence-corrected chi connectivity index (χ3v) is 4.44. The van der Waals surface area contributed by atoms with E-state index in [4.69, 9.17) is 0 Å². The molecule has 0 heterocycles. The Bertz CT molecular complexity index is 331. The number of likely N-dealkylation sites (N-methyl/N-ethyl adjacent to an activating group) is 1. The third kappa shape index (κ3) is 3.58. The summed E-state index contributed by atoms with van der Waals surface area (Å²) in [7, 11) is 2.06. The van der Waals surface area contributed by atoms with Gasteiger partial charge in [-0.2, -0.15) is 0 Å². The van der Waals surface area contributed by atoms with Gasteiger partial charge in [0.1, 0.15) is 0 Å². The van der Waals surface area contributed by atoms with E-state index in [-0.39, 0.29) is 0 Å². The molecule has 0 aliphatic heterocycles. The van der Waals surface area contributed by atoms with Gasteiger partial charge < -0.3 is 5.32 Å². The van der Waals surface area contributed by atoms with Crippen LogP contribution in [0.5, 0.6) is 0 Å². The van der Waals surface area contributed by atoms with E-state index in [0.717, 1.165) is 12.3 Å². The van der Waals surface area contributed by atoms with Crippen LogP contribution < -0.4 is 5.32 Å². The molecular formula is C17H27N. The standard InChI is InChI=1S/C17H27N/c1-3-17(18-2)13-14-9-11-16(12-10-14)15-7-5-4-6-8-15/h9-12,15,17-18H,3-8,13H2,1-2H3. The highest BCUT2D eigenvalue weighted by Crippen LogP contribution is 2.32. The maximum Gasteiger partial charge on any atom is 0.0102 e.